The van der Waals surface area contributed by atoms with Crippen LogP contribution in [0.4, 0.5) is 5.82 Å². The van der Waals surface area contributed by atoms with Crippen LogP contribution in [0.25, 0.3) is 5.65 Å². The van der Waals surface area contributed by atoms with Gasteiger partial charge >= 0.3 is 0 Å². The van der Waals surface area contributed by atoms with Gasteiger partial charge in [-0.15, -0.1) is 14.8 Å². The highest BCUT2D eigenvalue weighted by Crippen LogP contribution is 2.47. The van der Waals surface area contributed by atoms with Crippen molar-refractivity contribution in [1.82, 2.24) is 25.3 Å². The molecule has 0 radical (unpaired) electrons. The monoisotopic (exact) mass is 284 g/mol. The van der Waals surface area contributed by atoms with Gasteiger partial charge in [0.05, 0.1) is 6.54 Å². The van der Waals surface area contributed by atoms with Crippen molar-refractivity contribution in [2.24, 2.45) is 5.92 Å². The summed E-state index contributed by atoms with van der Waals surface area (Å²) in [5, 5.41) is 15.6. The highest BCUT2D eigenvalue weighted by molar-refractivity contribution is 5.43. The van der Waals surface area contributed by atoms with Crippen LogP contribution in [-0.4, -0.2) is 32.3 Å². The lowest BCUT2D eigenvalue weighted by Gasteiger charge is -2.15. The van der Waals surface area contributed by atoms with E-state index in [4.69, 9.17) is 4.42 Å². The van der Waals surface area contributed by atoms with Crippen LogP contribution in [0, 0.1) is 5.92 Å². The fourth-order valence-electron chi connectivity index (χ4n) is 2.56. The number of furan rings is 1. The summed E-state index contributed by atoms with van der Waals surface area (Å²) >= 11 is 0. The summed E-state index contributed by atoms with van der Waals surface area (Å²) in [6, 6.07) is 7.89. The molecule has 7 nitrogen and oxygen atoms in total. The van der Waals surface area contributed by atoms with Crippen molar-refractivity contribution in [3.8, 4) is 0 Å². The number of fused-ring (bicyclic) bond motifs is 1. The second-order valence-corrected chi connectivity index (χ2v) is 5.70. The number of rotatable bonds is 4. The molecule has 0 aromatic carbocycles. The van der Waals surface area contributed by atoms with Crippen molar-refractivity contribution in [2.75, 3.05) is 11.9 Å². The Morgan fingerprint density at radius 1 is 1.33 bits per heavy atom. The van der Waals surface area contributed by atoms with Gasteiger partial charge in [0, 0.05) is 13.0 Å². The van der Waals surface area contributed by atoms with E-state index in [1.54, 1.807) is 0 Å². The van der Waals surface area contributed by atoms with E-state index in [9.17, 15) is 0 Å². The average Bonchev–Trinajstić information content (AvgIpc) is 2.92. The van der Waals surface area contributed by atoms with Crippen LogP contribution < -0.4 is 4.90 Å². The highest BCUT2D eigenvalue weighted by Gasteiger charge is 2.36. The quantitative estimate of drug-likeness (QED) is 0.728. The molecule has 1 saturated carbocycles. The molecule has 3 aromatic heterocycles. The minimum Gasteiger partial charge on any atom is -0.464 e. The lowest BCUT2D eigenvalue weighted by atomic mass is 10.3. The van der Waals surface area contributed by atoms with E-state index in [1.807, 2.05) is 30.1 Å². The van der Waals surface area contributed by atoms with Crippen LogP contribution in [0.3, 0.4) is 0 Å². The van der Waals surface area contributed by atoms with Crippen LogP contribution in [0.5, 0.6) is 0 Å². The zero-order chi connectivity index (χ0) is 14.4. The molecule has 2 atom stereocenters. The molecule has 0 amide bonds. The standard InChI is InChI=1S/C14H16N6O/c1-9-7-11(9)12-4-3-10(21-12)8-19(2)14-6-5-13-15-17-18-20(13)16-14/h3-6,9,11H,7-8H2,1-2H3/t9-,11+/m1/s1. The third kappa shape index (κ3) is 2.24. The number of hydrogen-bond donors (Lipinski definition) is 0. The van der Waals surface area contributed by atoms with Gasteiger partial charge in [-0.05, 0) is 47.0 Å². The van der Waals surface area contributed by atoms with E-state index < -0.39 is 0 Å². The molecule has 108 valence electrons. The molecule has 0 spiro atoms. The Balaban J connectivity index is 1.51. The Morgan fingerprint density at radius 3 is 3.00 bits per heavy atom. The number of anilines is 1. The summed E-state index contributed by atoms with van der Waals surface area (Å²) < 4.78 is 7.35. The minimum atomic E-state index is 0.611. The van der Waals surface area contributed by atoms with Gasteiger partial charge in [0.2, 0.25) is 0 Å². The first kappa shape index (κ1) is 12.3. The SMILES string of the molecule is C[C@@H]1C[C@@H]1c1ccc(CN(C)c2ccc3nnnn3n2)o1. The first-order chi connectivity index (χ1) is 10.2. The fraction of sp³-hybridized carbons (Fsp3) is 0.429. The first-order valence-electron chi connectivity index (χ1n) is 7.06. The van der Waals surface area contributed by atoms with Crippen LogP contribution in [0.15, 0.2) is 28.7 Å². The largest absolute Gasteiger partial charge is 0.464 e. The summed E-state index contributed by atoms with van der Waals surface area (Å²) in [5.41, 5.74) is 0.634. The number of nitrogens with zero attached hydrogens (tertiary/aromatic N) is 6. The van der Waals surface area contributed by atoms with Crippen molar-refractivity contribution < 1.29 is 4.42 Å². The second-order valence-electron chi connectivity index (χ2n) is 5.70. The van der Waals surface area contributed by atoms with Crippen LogP contribution in [-0.2, 0) is 6.54 Å². The molecule has 0 N–H and O–H groups in total. The summed E-state index contributed by atoms with van der Waals surface area (Å²) in [5.74, 6) is 4.22. The Hall–Kier alpha value is -2.44. The normalized spacial score (nSPS) is 20.9. The third-order valence-corrected chi connectivity index (χ3v) is 4.00. The summed E-state index contributed by atoms with van der Waals surface area (Å²) in [6.07, 6.45) is 1.24. The molecule has 1 aliphatic carbocycles. The average molecular weight is 284 g/mol. The van der Waals surface area contributed by atoms with Gasteiger partial charge in [-0.25, -0.2) is 0 Å². The Morgan fingerprint density at radius 2 is 2.19 bits per heavy atom. The van der Waals surface area contributed by atoms with Crippen molar-refractivity contribution in [1.29, 1.82) is 0 Å². The molecule has 21 heavy (non-hydrogen) atoms. The molecule has 1 fully saturated rings. The smallest absolute Gasteiger partial charge is 0.200 e. The summed E-state index contributed by atoms with van der Waals surface area (Å²) in [4.78, 5) is 2.01. The van der Waals surface area contributed by atoms with Gasteiger partial charge in [-0.3, -0.25) is 0 Å². The van der Waals surface area contributed by atoms with E-state index in [2.05, 4.69) is 33.6 Å². The van der Waals surface area contributed by atoms with Crippen LogP contribution in [0.1, 0.15) is 30.8 Å². The number of hydrogen-bond acceptors (Lipinski definition) is 6. The van der Waals surface area contributed by atoms with Crippen LogP contribution >= 0.6 is 0 Å². The lowest BCUT2D eigenvalue weighted by Crippen LogP contribution is -2.18. The van der Waals surface area contributed by atoms with E-state index in [0.29, 0.717) is 18.1 Å². The summed E-state index contributed by atoms with van der Waals surface area (Å²) in [6.45, 7) is 2.92. The molecule has 0 bridgehead atoms. The van der Waals surface area contributed by atoms with E-state index in [-0.39, 0.29) is 0 Å². The van der Waals surface area contributed by atoms with Gasteiger partial charge in [0.1, 0.15) is 11.5 Å². The van der Waals surface area contributed by atoms with Gasteiger partial charge in [0.25, 0.3) is 0 Å². The molecule has 0 unspecified atom stereocenters. The molecule has 1 aliphatic rings. The van der Waals surface area contributed by atoms with E-state index in [1.165, 1.54) is 11.1 Å². The first-order valence-corrected chi connectivity index (χ1v) is 7.06. The van der Waals surface area contributed by atoms with Gasteiger partial charge in [-0.1, -0.05) is 6.92 Å². The highest BCUT2D eigenvalue weighted by atomic mass is 16.3. The van der Waals surface area contributed by atoms with Crippen molar-refractivity contribution in [3.05, 3.63) is 35.8 Å². The Kier molecular flexibility index (Phi) is 2.66. The minimum absolute atomic E-state index is 0.611. The lowest BCUT2D eigenvalue weighted by molar-refractivity contribution is 0.460. The number of tetrazole rings is 1. The Bertz CT molecular complexity index is 778. The maximum absolute atomic E-state index is 5.93. The predicted octanol–water partition coefficient (Wildman–Crippen LogP) is 1.87. The van der Waals surface area contributed by atoms with Gasteiger partial charge in [-0.2, -0.15) is 0 Å². The second kappa shape index (κ2) is 4.54. The predicted molar refractivity (Wildman–Crippen MR) is 75.9 cm³/mol. The maximum Gasteiger partial charge on any atom is 0.200 e. The van der Waals surface area contributed by atoms with Crippen LogP contribution in [0.2, 0.25) is 0 Å². The third-order valence-electron chi connectivity index (χ3n) is 4.00. The van der Waals surface area contributed by atoms with Crippen molar-refractivity contribution in [3.63, 3.8) is 0 Å². The molecule has 0 saturated heterocycles. The topological polar surface area (TPSA) is 72.4 Å². The molecule has 3 aromatic rings. The van der Waals surface area contributed by atoms with Crippen molar-refractivity contribution in [2.45, 2.75) is 25.8 Å². The van der Waals surface area contributed by atoms with Crippen molar-refractivity contribution >= 4 is 11.5 Å². The van der Waals surface area contributed by atoms with E-state index in [0.717, 1.165) is 23.3 Å². The molecule has 4 rings (SSSR count). The molecule has 3 heterocycles. The Labute approximate surface area is 121 Å². The van der Waals surface area contributed by atoms with Gasteiger partial charge in [0.15, 0.2) is 11.5 Å². The fourth-order valence-corrected chi connectivity index (χ4v) is 2.56. The maximum atomic E-state index is 5.93. The zero-order valence-electron chi connectivity index (χ0n) is 12.0. The molecule has 0 aliphatic heterocycles. The molecular weight excluding hydrogens is 268 g/mol. The van der Waals surface area contributed by atoms with E-state index >= 15 is 0 Å². The summed E-state index contributed by atoms with van der Waals surface area (Å²) in [7, 11) is 1.97. The molecule has 7 heteroatoms. The zero-order valence-corrected chi connectivity index (χ0v) is 12.0. The number of aromatic nitrogens is 5. The molecular formula is C14H16N6O. The van der Waals surface area contributed by atoms with Gasteiger partial charge < -0.3 is 9.32 Å².